The van der Waals surface area contributed by atoms with E-state index in [1.54, 1.807) is 6.21 Å². The Labute approximate surface area is 184 Å². The summed E-state index contributed by atoms with van der Waals surface area (Å²) in [4.78, 5) is 12.9. The van der Waals surface area contributed by atoms with E-state index < -0.39 is 0 Å². The molecule has 1 atom stereocenters. The number of nitrogens with zero attached hydrogens (tertiary/aromatic N) is 1. The van der Waals surface area contributed by atoms with Crippen molar-refractivity contribution in [3.05, 3.63) is 102 Å². The van der Waals surface area contributed by atoms with E-state index in [9.17, 15) is 4.79 Å². The third-order valence-corrected chi connectivity index (χ3v) is 5.89. The zero-order valence-electron chi connectivity index (χ0n) is 17.8. The lowest BCUT2D eigenvalue weighted by Crippen LogP contribution is -2.25. The molecule has 0 saturated heterocycles. The Balaban J connectivity index is 1.41. The minimum Gasteiger partial charge on any atom is -0.494 e. The second kappa shape index (κ2) is 9.61. The van der Waals surface area contributed by atoms with E-state index in [2.05, 4.69) is 41.7 Å². The van der Waals surface area contributed by atoms with E-state index >= 15 is 0 Å². The molecule has 1 saturated carbocycles. The predicted octanol–water partition coefficient (Wildman–Crippen LogP) is 5.32. The summed E-state index contributed by atoms with van der Waals surface area (Å²) in [5, 5.41) is 4.20. The van der Waals surface area contributed by atoms with Crippen LogP contribution >= 0.6 is 0 Å². The molecule has 0 spiro atoms. The van der Waals surface area contributed by atoms with Gasteiger partial charge in [0.1, 0.15) is 5.75 Å². The molecule has 4 nitrogen and oxygen atoms in total. The molecule has 31 heavy (non-hydrogen) atoms. The molecule has 4 rings (SSSR count). The van der Waals surface area contributed by atoms with E-state index in [0.717, 1.165) is 37.2 Å². The van der Waals surface area contributed by atoms with Gasteiger partial charge in [0.05, 0.1) is 18.7 Å². The normalized spacial score (nSPS) is 16.7. The number of benzene rings is 3. The van der Waals surface area contributed by atoms with Crippen molar-refractivity contribution in [2.45, 2.75) is 31.6 Å². The van der Waals surface area contributed by atoms with Crippen molar-refractivity contribution in [1.82, 2.24) is 5.43 Å². The Kier molecular flexibility index (Phi) is 6.46. The van der Waals surface area contributed by atoms with Gasteiger partial charge in [-0.15, -0.1) is 0 Å². The molecular formula is C27H28N2O2. The summed E-state index contributed by atoms with van der Waals surface area (Å²) in [5.74, 6) is 0.662. The summed E-state index contributed by atoms with van der Waals surface area (Å²) >= 11 is 0. The van der Waals surface area contributed by atoms with E-state index in [1.807, 2.05) is 60.7 Å². The molecule has 1 fully saturated rings. The summed E-state index contributed by atoms with van der Waals surface area (Å²) < 4.78 is 5.68. The number of carbonyl (C=O) groups excluding carboxylic acids is 1. The Morgan fingerprint density at radius 2 is 1.61 bits per heavy atom. The quantitative estimate of drug-likeness (QED) is 0.294. The van der Waals surface area contributed by atoms with Crippen molar-refractivity contribution in [3.63, 3.8) is 0 Å². The molecule has 4 heteroatoms. The topological polar surface area (TPSA) is 50.7 Å². The number of hydrogen-bond acceptors (Lipinski definition) is 3. The Hall–Kier alpha value is -3.40. The Morgan fingerprint density at radius 3 is 2.19 bits per heavy atom. The molecule has 1 N–H and O–H groups in total. The highest BCUT2D eigenvalue weighted by molar-refractivity contribution is 5.87. The number of unbranched alkanes of at least 4 members (excludes halogenated alkanes) is 1. The first-order chi connectivity index (χ1) is 15.2. The summed E-state index contributed by atoms with van der Waals surface area (Å²) in [6.07, 6.45) is 4.61. The molecular weight excluding hydrogens is 384 g/mol. The first-order valence-electron chi connectivity index (χ1n) is 10.9. The number of hydrazone groups is 1. The number of hydrogen-bond donors (Lipinski definition) is 1. The molecule has 0 heterocycles. The standard InChI is InChI=1S/C27H28N2O2/c1-2-3-18-31-24-16-14-21(15-17-24)20-28-29-26(30)25-19-27(25,22-10-6-4-7-11-22)23-12-8-5-9-13-23/h4-17,20,25H,2-3,18-19H2,1H3,(H,29,30). The molecule has 0 aliphatic heterocycles. The minimum atomic E-state index is -0.278. The lowest BCUT2D eigenvalue weighted by Gasteiger charge is -2.18. The van der Waals surface area contributed by atoms with Gasteiger partial charge in [0.2, 0.25) is 5.91 Å². The van der Waals surface area contributed by atoms with E-state index in [1.165, 1.54) is 11.1 Å². The molecule has 1 unspecified atom stereocenters. The van der Waals surface area contributed by atoms with Crippen LogP contribution < -0.4 is 10.2 Å². The van der Waals surface area contributed by atoms with Crippen LogP contribution in [0.25, 0.3) is 0 Å². The van der Waals surface area contributed by atoms with Crippen molar-refractivity contribution in [2.75, 3.05) is 6.61 Å². The average Bonchev–Trinajstić information content (AvgIpc) is 3.59. The number of carbonyl (C=O) groups is 1. The molecule has 158 valence electrons. The highest BCUT2D eigenvalue weighted by atomic mass is 16.5. The summed E-state index contributed by atoms with van der Waals surface area (Å²) in [5.41, 5.74) is 5.72. The van der Waals surface area contributed by atoms with Crippen LogP contribution in [0.2, 0.25) is 0 Å². The van der Waals surface area contributed by atoms with Gasteiger partial charge in [0.25, 0.3) is 0 Å². The first-order valence-corrected chi connectivity index (χ1v) is 10.9. The Bertz CT molecular complexity index is 975. The third-order valence-electron chi connectivity index (χ3n) is 5.89. The molecule has 0 radical (unpaired) electrons. The minimum absolute atomic E-state index is 0.0523. The maximum Gasteiger partial charge on any atom is 0.244 e. The number of amides is 1. The summed E-state index contributed by atoms with van der Waals surface area (Å²) in [6.45, 7) is 2.87. The van der Waals surface area contributed by atoms with Crippen LogP contribution in [-0.4, -0.2) is 18.7 Å². The fraction of sp³-hybridized carbons (Fsp3) is 0.259. The largest absolute Gasteiger partial charge is 0.494 e. The van der Waals surface area contributed by atoms with Crippen LogP contribution in [0.4, 0.5) is 0 Å². The number of nitrogens with one attached hydrogen (secondary N) is 1. The zero-order valence-corrected chi connectivity index (χ0v) is 17.8. The molecule has 1 aliphatic carbocycles. The maximum atomic E-state index is 12.9. The van der Waals surface area contributed by atoms with Gasteiger partial charge in [0, 0.05) is 5.41 Å². The van der Waals surface area contributed by atoms with Crippen molar-refractivity contribution in [3.8, 4) is 5.75 Å². The van der Waals surface area contributed by atoms with Gasteiger partial charge in [-0.05, 0) is 53.8 Å². The van der Waals surface area contributed by atoms with Crippen molar-refractivity contribution in [1.29, 1.82) is 0 Å². The third kappa shape index (κ3) is 4.69. The van der Waals surface area contributed by atoms with Gasteiger partial charge in [-0.2, -0.15) is 5.10 Å². The van der Waals surface area contributed by atoms with Gasteiger partial charge < -0.3 is 4.74 Å². The average molecular weight is 413 g/mol. The van der Waals surface area contributed by atoms with Gasteiger partial charge in [0.15, 0.2) is 0 Å². The molecule has 0 bridgehead atoms. The van der Waals surface area contributed by atoms with E-state index in [0.29, 0.717) is 0 Å². The number of ether oxygens (including phenoxy) is 1. The van der Waals surface area contributed by atoms with E-state index in [-0.39, 0.29) is 17.2 Å². The van der Waals surface area contributed by atoms with Gasteiger partial charge in [-0.1, -0.05) is 74.0 Å². The predicted molar refractivity (Wildman–Crippen MR) is 124 cm³/mol. The second-order valence-corrected chi connectivity index (χ2v) is 7.97. The van der Waals surface area contributed by atoms with Crippen molar-refractivity contribution in [2.24, 2.45) is 11.0 Å². The highest BCUT2D eigenvalue weighted by Crippen LogP contribution is 2.58. The SMILES string of the molecule is CCCCOc1ccc(C=NNC(=O)C2CC2(c2ccccc2)c2ccccc2)cc1. The maximum absolute atomic E-state index is 12.9. The summed E-state index contributed by atoms with van der Waals surface area (Å²) in [6, 6.07) is 28.3. The fourth-order valence-electron chi connectivity index (χ4n) is 4.09. The van der Waals surface area contributed by atoms with E-state index in [4.69, 9.17) is 4.74 Å². The van der Waals surface area contributed by atoms with Crippen LogP contribution in [0.3, 0.4) is 0 Å². The summed E-state index contributed by atoms with van der Waals surface area (Å²) in [7, 11) is 0. The zero-order chi connectivity index (χ0) is 21.5. The van der Waals surface area contributed by atoms with Crippen LogP contribution in [0, 0.1) is 5.92 Å². The van der Waals surface area contributed by atoms with Crippen LogP contribution in [0.1, 0.15) is 42.9 Å². The van der Waals surface area contributed by atoms with Crippen molar-refractivity contribution >= 4 is 12.1 Å². The number of rotatable bonds is 9. The monoisotopic (exact) mass is 412 g/mol. The molecule has 1 amide bonds. The molecule has 0 aromatic heterocycles. The van der Waals surface area contributed by atoms with Crippen LogP contribution in [0.5, 0.6) is 5.75 Å². The second-order valence-electron chi connectivity index (χ2n) is 7.97. The fourth-order valence-corrected chi connectivity index (χ4v) is 4.09. The van der Waals surface area contributed by atoms with Gasteiger partial charge in [-0.3, -0.25) is 4.79 Å². The lowest BCUT2D eigenvalue weighted by atomic mass is 9.85. The first kappa shape index (κ1) is 20.9. The highest BCUT2D eigenvalue weighted by Gasteiger charge is 2.60. The molecule has 3 aromatic carbocycles. The van der Waals surface area contributed by atoms with Crippen LogP contribution in [0.15, 0.2) is 90.0 Å². The molecule has 1 aliphatic rings. The smallest absolute Gasteiger partial charge is 0.244 e. The van der Waals surface area contributed by atoms with Crippen LogP contribution in [-0.2, 0) is 10.2 Å². The van der Waals surface area contributed by atoms with Gasteiger partial charge in [-0.25, -0.2) is 5.43 Å². The van der Waals surface area contributed by atoms with Crippen molar-refractivity contribution < 1.29 is 9.53 Å². The van der Waals surface area contributed by atoms with Gasteiger partial charge >= 0.3 is 0 Å². The lowest BCUT2D eigenvalue weighted by molar-refractivity contribution is -0.122. The Morgan fingerprint density at radius 1 is 1.00 bits per heavy atom. The molecule has 3 aromatic rings.